The molecule has 0 N–H and O–H groups in total. The smallest absolute Gasteiger partial charge is 0.231 e. The number of likely N-dealkylation sites (N-methyl/N-ethyl adjacent to an activating group) is 1. The van der Waals surface area contributed by atoms with Gasteiger partial charge in [0.25, 0.3) is 0 Å². The minimum absolute atomic E-state index is 0.0391. The standard InChI is InChI=1S/C34H41ClNO6/c1-36(16-20-4-5-20)11-10-33-29-21-6-7-25(37-2)30(29)42-31(33)34(38-3)9-8-32(33,28(36)13-21)15-23(34)18-39-17-22-12-26-27(14-24(22)35)41-19-40-26/h6-7,12,14,20,23,28,31H,4-5,8-11,13,15-19H2,1-3H3/q+1/t23-,28-,31-,32-,33+,34-,36-/m1/s1. The Morgan fingerprint density at radius 2 is 1.90 bits per heavy atom. The monoisotopic (exact) mass is 594 g/mol. The fourth-order valence-electron chi connectivity index (χ4n) is 11.0. The summed E-state index contributed by atoms with van der Waals surface area (Å²) in [7, 11) is 6.24. The van der Waals surface area contributed by atoms with Crippen molar-refractivity contribution in [3.8, 4) is 23.0 Å². The molecular formula is C34H41ClNO6+. The molecule has 8 heteroatoms. The van der Waals surface area contributed by atoms with Crippen molar-refractivity contribution in [1.29, 1.82) is 0 Å². The Labute approximate surface area is 252 Å². The van der Waals surface area contributed by atoms with Crippen molar-refractivity contribution in [2.45, 2.75) is 74.7 Å². The molecule has 7 atom stereocenters. The van der Waals surface area contributed by atoms with Crippen LogP contribution in [0.3, 0.4) is 0 Å². The Balaban J connectivity index is 1.11. The molecule has 4 bridgehead atoms. The highest BCUT2D eigenvalue weighted by molar-refractivity contribution is 6.31. The molecule has 2 aromatic carbocycles. The van der Waals surface area contributed by atoms with E-state index in [9.17, 15) is 0 Å². The number of nitrogens with zero attached hydrogens (tertiary/aromatic N) is 1. The van der Waals surface area contributed by atoms with Gasteiger partial charge in [-0.1, -0.05) is 17.7 Å². The molecule has 4 saturated carbocycles. The fraction of sp³-hybridized carbons (Fsp3) is 0.647. The SMILES string of the molecule is COc1ccc2c3c1O[C@H]1[C@@]4(OC)CC[C@@]5(C[C@@H]4COCc4cc6c(cc4Cl)OCO6)[C@@H](C2)[N@@+](C)(CC2CC2)CC[C@]315. The first-order valence-corrected chi connectivity index (χ1v) is 16.2. The number of benzene rings is 2. The first-order valence-electron chi connectivity index (χ1n) is 15.8. The van der Waals surface area contributed by atoms with Crippen LogP contribution in [0.25, 0.3) is 0 Å². The van der Waals surface area contributed by atoms with Crippen LogP contribution in [0.15, 0.2) is 24.3 Å². The van der Waals surface area contributed by atoms with Gasteiger partial charge in [0.05, 0.1) is 56.9 Å². The van der Waals surface area contributed by atoms with Crippen LogP contribution in [-0.2, 0) is 27.9 Å². The van der Waals surface area contributed by atoms with Gasteiger partial charge in [0.2, 0.25) is 6.79 Å². The van der Waals surface area contributed by atoms with E-state index in [2.05, 4.69) is 19.2 Å². The van der Waals surface area contributed by atoms with Crippen LogP contribution in [0, 0.1) is 17.3 Å². The van der Waals surface area contributed by atoms with Gasteiger partial charge in [-0.3, -0.25) is 0 Å². The van der Waals surface area contributed by atoms with Gasteiger partial charge in [-0.05, 0) is 49.8 Å². The Kier molecular flexibility index (Phi) is 5.44. The van der Waals surface area contributed by atoms with Crippen molar-refractivity contribution in [3.63, 3.8) is 0 Å². The summed E-state index contributed by atoms with van der Waals surface area (Å²) in [6.07, 6.45) is 8.31. The van der Waals surface area contributed by atoms with Crippen LogP contribution in [0.1, 0.15) is 55.2 Å². The number of methoxy groups -OCH3 is 2. The van der Waals surface area contributed by atoms with Crippen LogP contribution in [0.5, 0.6) is 23.0 Å². The van der Waals surface area contributed by atoms with E-state index in [1.807, 2.05) is 19.2 Å². The van der Waals surface area contributed by atoms with Crippen LogP contribution in [0.4, 0.5) is 0 Å². The molecule has 2 spiro atoms. The molecule has 7 nitrogen and oxygen atoms in total. The molecule has 3 aliphatic heterocycles. The molecule has 0 unspecified atom stereocenters. The average Bonchev–Trinajstić information content (AvgIpc) is 3.54. The number of rotatable bonds is 8. The zero-order valence-electron chi connectivity index (χ0n) is 24.9. The predicted molar refractivity (Wildman–Crippen MR) is 157 cm³/mol. The number of ether oxygens (including phenoxy) is 6. The topological polar surface area (TPSA) is 55.4 Å². The van der Waals surface area contributed by atoms with Gasteiger partial charge >= 0.3 is 0 Å². The number of hydrogen-bond acceptors (Lipinski definition) is 6. The summed E-state index contributed by atoms with van der Waals surface area (Å²) in [5.74, 6) is 4.38. The largest absolute Gasteiger partial charge is 0.493 e. The Hall–Kier alpha value is -2.19. The quantitative estimate of drug-likeness (QED) is 0.368. The molecular weight excluding hydrogens is 554 g/mol. The number of hydrogen-bond donors (Lipinski definition) is 0. The molecule has 5 fully saturated rings. The lowest BCUT2D eigenvalue weighted by Crippen LogP contribution is -2.83. The number of piperidine rings is 1. The van der Waals surface area contributed by atoms with E-state index in [4.69, 9.17) is 40.0 Å². The second-order valence-corrected chi connectivity index (χ2v) is 14.8. The Bertz CT molecular complexity index is 1480. The second kappa shape index (κ2) is 8.71. The maximum atomic E-state index is 7.19. The van der Waals surface area contributed by atoms with Crippen LogP contribution < -0.4 is 18.9 Å². The molecule has 10 rings (SSSR count). The Morgan fingerprint density at radius 3 is 2.69 bits per heavy atom. The van der Waals surface area contributed by atoms with E-state index in [1.165, 1.54) is 48.0 Å². The van der Waals surface area contributed by atoms with Gasteiger partial charge in [0, 0.05) is 54.4 Å². The van der Waals surface area contributed by atoms with E-state index < -0.39 is 5.60 Å². The van der Waals surface area contributed by atoms with Crippen molar-refractivity contribution in [2.75, 3.05) is 47.8 Å². The number of quaternary nitrogens is 1. The Morgan fingerprint density at radius 1 is 1.07 bits per heavy atom. The van der Waals surface area contributed by atoms with Gasteiger partial charge in [0.1, 0.15) is 11.7 Å². The molecule has 5 aliphatic carbocycles. The summed E-state index contributed by atoms with van der Waals surface area (Å²) in [6.45, 7) is 3.78. The van der Waals surface area contributed by atoms with Crippen LogP contribution in [-0.4, -0.2) is 70.0 Å². The highest BCUT2D eigenvalue weighted by Gasteiger charge is 2.83. The van der Waals surface area contributed by atoms with Crippen molar-refractivity contribution >= 4 is 11.6 Å². The normalized spacial score (nSPS) is 39.7. The van der Waals surface area contributed by atoms with Gasteiger partial charge in [0.15, 0.2) is 23.0 Å². The zero-order chi connectivity index (χ0) is 28.5. The molecule has 224 valence electrons. The second-order valence-electron chi connectivity index (χ2n) is 14.4. The summed E-state index contributed by atoms with van der Waals surface area (Å²) in [6, 6.07) is 8.84. The minimum Gasteiger partial charge on any atom is -0.493 e. The maximum Gasteiger partial charge on any atom is 0.231 e. The summed E-state index contributed by atoms with van der Waals surface area (Å²) in [5, 5.41) is 0.646. The lowest BCUT2D eigenvalue weighted by Gasteiger charge is -2.74. The lowest BCUT2D eigenvalue weighted by molar-refractivity contribution is -0.952. The predicted octanol–water partition coefficient (Wildman–Crippen LogP) is 5.66. The fourth-order valence-corrected chi connectivity index (χ4v) is 11.2. The molecule has 42 heavy (non-hydrogen) atoms. The third kappa shape index (κ3) is 3.14. The molecule has 0 amide bonds. The van der Waals surface area contributed by atoms with E-state index >= 15 is 0 Å². The third-order valence-corrected chi connectivity index (χ3v) is 13.2. The van der Waals surface area contributed by atoms with Gasteiger partial charge in [-0.2, -0.15) is 0 Å². The molecule has 0 radical (unpaired) electrons. The number of fused-ring (bicyclic) bond motifs is 3. The molecule has 0 aromatic heterocycles. The lowest BCUT2D eigenvalue weighted by atomic mass is 9.34. The van der Waals surface area contributed by atoms with Crippen molar-refractivity contribution in [2.24, 2.45) is 17.3 Å². The molecule has 8 aliphatic rings. The summed E-state index contributed by atoms with van der Waals surface area (Å²) in [5.41, 5.74) is 3.55. The third-order valence-electron chi connectivity index (χ3n) is 12.8. The van der Waals surface area contributed by atoms with E-state index in [0.717, 1.165) is 54.4 Å². The van der Waals surface area contributed by atoms with Gasteiger partial charge < -0.3 is 32.9 Å². The van der Waals surface area contributed by atoms with E-state index in [-0.39, 0.29) is 29.6 Å². The van der Waals surface area contributed by atoms with Crippen molar-refractivity contribution in [1.82, 2.24) is 0 Å². The maximum absolute atomic E-state index is 7.19. The minimum atomic E-state index is -0.416. The van der Waals surface area contributed by atoms with E-state index in [1.54, 1.807) is 7.11 Å². The molecule has 2 aromatic rings. The first-order chi connectivity index (χ1) is 20.4. The number of likely N-dealkylation sites (tertiary alicyclic amines) is 1. The highest BCUT2D eigenvalue weighted by atomic mass is 35.5. The average molecular weight is 595 g/mol. The van der Waals surface area contributed by atoms with Crippen LogP contribution in [0.2, 0.25) is 5.02 Å². The zero-order valence-corrected chi connectivity index (χ0v) is 25.6. The van der Waals surface area contributed by atoms with E-state index in [0.29, 0.717) is 30.0 Å². The summed E-state index contributed by atoms with van der Waals surface area (Å²) < 4.78 is 38.7. The van der Waals surface area contributed by atoms with Gasteiger partial charge in [-0.25, -0.2) is 0 Å². The summed E-state index contributed by atoms with van der Waals surface area (Å²) >= 11 is 6.62. The van der Waals surface area contributed by atoms with Crippen molar-refractivity contribution < 1.29 is 32.9 Å². The molecule has 3 heterocycles. The van der Waals surface area contributed by atoms with Crippen LogP contribution >= 0.6 is 11.6 Å². The van der Waals surface area contributed by atoms with Crippen molar-refractivity contribution in [3.05, 3.63) is 46.0 Å². The van der Waals surface area contributed by atoms with Gasteiger partial charge in [-0.15, -0.1) is 0 Å². The number of halogens is 1. The summed E-state index contributed by atoms with van der Waals surface area (Å²) in [4.78, 5) is 0. The highest BCUT2D eigenvalue weighted by Crippen LogP contribution is 2.77. The molecule has 1 saturated heterocycles. The first kappa shape index (κ1) is 26.2.